The van der Waals surface area contributed by atoms with Crippen LogP contribution in [0.25, 0.3) is 0 Å². The zero-order chi connectivity index (χ0) is 13.3. The molecular formula is C11H14BrN3O3. The van der Waals surface area contributed by atoms with Crippen molar-refractivity contribution in [1.82, 2.24) is 9.47 Å². The summed E-state index contributed by atoms with van der Waals surface area (Å²) < 4.78 is 1.52. The van der Waals surface area contributed by atoms with Crippen LogP contribution in [0, 0.1) is 10.1 Å². The first kappa shape index (κ1) is 13.1. The van der Waals surface area contributed by atoms with Crippen LogP contribution in [-0.2, 0) is 7.05 Å². The first-order valence-electron chi connectivity index (χ1n) is 5.72. The highest BCUT2D eigenvalue weighted by Gasteiger charge is 2.34. The summed E-state index contributed by atoms with van der Waals surface area (Å²) in [5.74, 6) is -0.132. The predicted octanol–water partition coefficient (Wildman–Crippen LogP) is 1.93. The van der Waals surface area contributed by atoms with Crippen molar-refractivity contribution in [1.29, 1.82) is 0 Å². The third-order valence-corrected chi connectivity index (χ3v) is 3.35. The van der Waals surface area contributed by atoms with Gasteiger partial charge in [0.15, 0.2) is 0 Å². The van der Waals surface area contributed by atoms with Crippen LogP contribution in [0.4, 0.5) is 5.69 Å². The van der Waals surface area contributed by atoms with Gasteiger partial charge in [0.25, 0.3) is 11.6 Å². The van der Waals surface area contributed by atoms with Crippen LogP contribution >= 0.6 is 15.9 Å². The molecule has 98 valence electrons. The Morgan fingerprint density at radius 1 is 1.67 bits per heavy atom. The molecule has 1 saturated carbocycles. The molecule has 1 aromatic rings. The third-order valence-electron chi connectivity index (χ3n) is 2.99. The number of alkyl halides is 1. The predicted molar refractivity (Wildman–Crippen MR) is 69.9 cm³/mol. The zero-order valence-electron chi connectivity index (χ0n) is 10.0. The number of hydrogen-bond donors (Lipinski definition) is 0. The molecule has 1 amide bonds. The van der Waals surface area contributed by atoms with Gasteiger partial charge in [0.1, 0.15) is 5.69 Å². The van der Waals surface area contributed by atoms with Gasteiger partial charge in [-0.3, -0.25) is 14.9 Å². The van der Waals surface area contributed by atoms with E-state index in [-0.39, 0.29) is 11.6 Å². The molecule has 0 atom stereocenters. The summed E-state index contributed by atoms with van der Waals surface area (Å²) in [7, 11) is 1.65. The molecule has 0 unspecified atom stereocenters. The molecule has 0 aliphatic heterocycles. The summed E-state index contributed by atoms with van der Waals surface area (Å²) in [6.07, 6.45) is 3.41. The number of carbonyl (C=O) groups excluding carboxylic acids is 1. The molecule has 6 nitrogen and oxygen atoms in total. The molecule has 0 spiro atoms. The molecular weight excluding hydrogens is 302 g/mol. The molecule has 0 aromatic carbocycles. The van der Waals surface area contributed by atoms with Gasteiger partial charge in [-0.15, -0.1) is 0 Å². The van der Waals surface area contributed by atoms with E-state index in [1.54, 1.807) is 11.9 Å². The van der Waals surface area contributed by atoms with Crippen molar-refractivity contribution >= 4 is 27.5 Å². The lowest BCUT2D eigenvalue weighted by molar-refractivity contribution is -0.384. The SMILES string of the molecule is Cn1cc([N+](=O)[O-])cc1C(=O)N(CCBr)C1CC1. The first-order valence-corrected chi connectivity index (χ1v) is 6.84. The molecule has 0 radical (unpaired) electrons. The van der Waals surface area contributed by atoms with Crippen molar-refractivity contribution in [2.75, 3.05) is 11.9 Å². The maximum atomic E-state index is 12.3. The van der Waals surface area contributed by atoms with Crippen molar-refractivity contribution in [3.63, 3.8) is 0 Å². The Balaban J connectivity index is 2.23. The van der Waals surface area contributed by atoms with Crippen LogP contribution in [0.3, 0.4) is 0 Å². The zero-order valence-corrected chi connectivity index (χ0v) is 11.6. The molecule has 1 aromatic heterocycles. The van der Waals surface area contributed by atoms with Gasteiger partial charge in [-0.25, -0.2) is 0 Å². The van der Waals surface area contributed by atoms with E-state index in [9.17, 15) is 14.9 Å². The van der Waals surface area contributed by atoms with Gasteiger partial charge in [-0.1, -0.05) is 15.9 Å². The number of halogens is 1. The van der Waals surface area contributed by atoms with E-state index in [0.29, 0.717) is 23.6 Å². The second kappa shape index (κ2) is 5.09. The Labute approximate surface area is 113 Å². The molecule has 2 rings (SSSR count). The van der Waals surface area contributed by atoms with E-state index < -0.39 is 4.92 Å². The Hall–Kier alpha value is -1.37. The average Bonchev–Trinajstić information content (AvgIpc) is 3.07. The topological polar surface area (TPSA) is 68.4 Å². The minimum absolute atomic E-state index is 0.0459. The lowest BCUT2D eigenvalue weighted by Gasteiger charge is -2.21. The summed E-state index contributed by atoms with van der Waals surface area (Å²) in [6, 6.07) is 1.63. The molecule has 0 bridgehead atoms. The Morgan fingerprint density at radius 2 is 2.33 bits per heavy atom. The van der Waals surface area contributed by atoms with Gasteiger partial charge >= 0.3 is 0 Å². The van der Waals surface area contributed by atoms with E-state index in [1.807, 2.05) is 0 Å². The van der Waals surface area contributed by atoms with E-state index in [4.69, 9.17) is 0 Å². The van der Waals surface area contributed by atoms with E-state index in [2.05, 4.69) is 15.9 Å². The van der Waals surface area contributed by atoms with Crippen LogP contribution in [-0.4, -0.2) is 38.2 Å². The van der Waals surface area contributed by atoms with Crippen LogP contribution in [0.5, 0.6) is 0 Å². The van der Waals surface area contributed by atoms with Crippen LogP contribution in [0.2, 0.25) is 0 Å². The van der Waals surface area contributed by atoms with Crippen molar-refractivity contribution in [3.05, 3.63) is 28.1 Å². The Morgan fingerprint density at radius 3 is 2.78 bits per heavy atom. The van der Waals surface area contributed by atoms with Gasteiger partial charge in [-0.05, 0) is 12.8 Å². The van der Waals surface area contributed by atoms with Gasteiger partial charge in [0.05, 0.1) is 11.1 Å². The Kier molecular flexibility index (Phi) is 3.70. The summed E-state index contributed by atoms with van der Waals surface area (Å²) in [4.78, 5) is 24.3. The van der Waals surface area contributed by atoms with Gasteiger partial charge in [0.2, 0.25) is 0 Å². The van der Waals surface area contributed by atoms with E-state index in [1.165, 1.54) is 16.8 Å². The highest BCUT2D eigenvalue weighted by molar-refractivity contribution is 9.09. The van der Waals surface area contributed by atoms with Gasteiger partial charge in [0, 0.05) is 31.0 Å². The fraction of sp³-hybridized carbons (Fsp3) is 0.545. The third kappa shape index (κ3) is 2.55. The summed E-state index contributed by atoms with van der Waals surface area (Å²) in [6.45, 7) is 0.627. The smallest absolute Gasteiger partial charge is 0.287 e. The number of amides is 1. The monoisotopic (exact) mass is 315 g/mol. The highest BCUT2D eigenvalue weighted by atomic mass is 79.9. The maximum absolute atomic E-state index is 12.3. The molecule has 18 heavy (non-hydrogen) atoms. The normalized spacial score (nSPS) is 14.6. The average molecular weight is 316 g/mol. The summed E-state index contributed by atoms with van der Waals surface area (Å²) in [5, 5.41) is 11.4. The minimum Gasteiger partial charge on any atom is -0.340 e. The molecule has 1 fully saturated rings. The molecule has 7 heteroatoms. The second-order valence-corrected chi connectivity index (χ2v) is 5.16. The van der Waals surface area contributed by atoms with E-state index >= 15 is 0 Å². The number of nitrogens with zero attached hydrogens (tertiary/aromatic N) is 3. The van der Waals surface area contributed by atoms with Crippen molar-refractivity contribution < 1.29 is 9.72 Å². The number of rotatable bonds is 5. The largest absolute Gasteiger partial charge is 0.340 e. The standard InChI is InChI=1S/C11H14BrN3O3/c1-13-7-9(15(17)18)6-10(13)11(16)14(5-4-12)8-2-3-8/h6-8H,2-5H2,1H3. The highest BCUT2D eigenvalue weighted by Crippen LogP contribution is 2.29. The summed E-state index contributed by atoms with van der Waals surface area (Å²) >= 11 is 3.32. The van der Waals surface area contributed by atoms with Crippen LogP contribution < -0.4 is 0 Å². The maximum Gasteiger partial charge on any atom is 0.287 e. The number of nitro groups is 1. The lowest BCUT2D eigenvalue weighted by atomic mass is 10.3. The van der Waals surface area contributed by atoms with Crippen molar-refractivity contribution in [2.24, 2.45) is 7.05 Å². The second-order valence-electron chi connectivity index (χ2n) is 4.37. The fourth-order valence-corrected chi connectivity index (χ4v) is 2.32. The summed E-state index contributed by atoms with van der Waals surface area (Å²) in [5.41, 5.74) is 0.324. The van der Waals surface area contributed by atoms with Crippen molar-refractivity contribution in [3.8, 4) is 0 Å². The molecule has 0 N–H and O–H groups in total. The lowest BCUT2D eigenvalue weighted by Crippen LogP contribution is -2.35. The molecule has 1 aliphatic rings. The van der Waals surface area contributed by atoms with Crippen LogP contribution in [0.1, 0.15) is 23.3 Å². The Bertz CT molecular complexity index is 482. The van der Waals surface area contributed by atoms with E-state index in [0.717, 1.165) is 12.8 Å². The molecule has 1 aliphatic carbocycles. The van der Waals surface area contributed by atoms with Crippen LogP contribution in [0.15, 0.2) is 12.3 Å². The minimum atomic E-state index is -0.483. The van der Waals surface area contributed by atoms with Gasteiger partial charge in [-0.2, -0.15) is 0 Å². The number of carbonyl (C=O) groups is 1. The molecule has 1 heterocycles. The fourth-order valence-electron chi connectivity index (χ4n) is 1.93. The molecule has 0 saturated heterocycles. The van der Waals surface area contributed by atoms with Crippen molar-refractivity contribution in [2.45, 2.75) is 18.9 Å². The first-order chi connectivity index (χ1) is 8.54. The number of aryl methyl sites for hydroxylation is 1. The number of aromatic nitrogens is 1. The number of hydrogen-bond acceptors (Lipinski definition) is 3. The quantitative estimate of drug-likeness (QED) is 0.473. The van der Waals surface area contributed by atoms with Gasteiger partial charge < -0.3 is 9.47 Å².